The molecule has 0 amide bonds. The van der Waals surface area contributed by atoms with Crippen LogP contribution in [-0.2, 0) is 9.53 Å². The van der Waals surface area contributed by atoms with Gasteiger partial charge in [0.15, 0.2) is 0 Å². The minimum Gasteiger partial charge on any atom is -0.465 e. The lowest BCUT2D eigenvalue weighted by atomic mass is 9.97. The van der Waals surface area contributed by atoms with Gasteiger partial charge in [0.25, 0.3) is 0 Å². The molecule has 1 rings (SSSR count). The Hall–Kier alpha value is -0.820. The summed E-state index contributed by atoms with van der Waals surface area (Å²) in [5.41, 5.74) is -0.849. The van der Waals surface area contributed by atoms with Crippen molar-refractivity contribution in [1.82, 2.24) is 10.2 Å². The van der Waals surface area contributed by atoms with Gasteiger partial charge in [-0.2, -0.15) is 13.2 Å². The Labute approximate surface area is 124 Å². The van der Waals surface area contributed by atoms with Crippen molar-refractivity contribution in [3.05, 3.63) is 0 Å². The number of alkyl halides is 3. The number of carbonyl (C=O) groups excluding carboxylic acids is 1. The third-order valence-electron chi connectivity index (χ3n) is 4.04. The van der Waals surface area contributed by atoms with Crippen molar-refractivity contribution in [3.8, 4) is 0 Å². The van der Waals surface area contributed by atoms with Crippen molar-refractivity contribution < 1.29 is 22.7 Å². The summed E-state index contributed by atoms with van der Waals surface area (Å²) in [5, 5.41) is 2.97. The van der Waals surface area contributed by atoms with Crippen LogP contribution in [0.25, 0.3) is 0 Å². The summed E-state index contributed by atoms with van der Waals surface area (Å²) in [6.07, 6.45) is -2.14. The second-order valence-corrected chi connectivity index (χ2v) is 5.53. The van der Waals surface area contributed by atoms with E-state index < -0.39 is 18.3 Å². The van der Waals surface area contributed by atoms with Crippen LogP contribution in [0.5, 0.6) is 0 Å². The maximum Gasteiger partial charge on any atom is 0.401 e. The number of nitrogens with one attached hydrogen (secondary N) is 1. The van der Waals surface area contributed by atoms with Gasteiger partial charge in [-0.05, 0) is 46.2 Å². The lowest BCUT2D eigenvalue weighted by Crippen LogP contribution is -2.51. The normalized spacial score (nSPS) is 26.3. The molecule has 0 spiro atoms. The molecule has 2 unspecified atom stereocenters. The van der Waals surface area contributed by atoms with Gasteiger partial charge in [0.2, 0.25) is 0 Å². The molecular formula is C14H25F3N2O2. The maximum absolute atomic E-state index is 12.7. The number of likely N-dealkylation sites (N-methyl/N-ethyl adjacent to an activating group) is 1. The Bertz CT molecular complexity index is 350. The monoisotopic (exact) mass is 310 g/mol. The minimum absolute atomic E-state index is 0.247. The first-order chi connectivity index (χ1) is 9.78. The highest BCUT2D eigenvalue weighted by Gasteiger charge is 2.48. The Morgan fingerprint density at radius 2 is 2.10 bits per heavy atom. The quantitative estimate of drug-likeness (QED) is 0.733. The summed E-state index contributed by atoms with van der Waals surface area (Å²) in [6, 6.07) is -0.247. The Morgan fingerprint density at radius 1 is 1.43 bits per heavy atom. The lowest BCUT2D eigenvalue weighted by molar-refractivity contribution is -0.153. The van der Waals surface area contributed by atoms with Gasteiger partial charge in [0.1, 0.15) is 5.54 Å². The SMILES string of the molecule is CCCN(CC(F)(F)F)C1CCC(NC)(C(=O)OCC)C1. The zero-order valence-electron chi connectivity index (χ0n) is 12.9. The number of rotatable bonds is 7. The number of halogens is 3. The van der Waals surface area contributed by atoms with Gasteiger partial charge >= 0.3 is 12.1 Å². The fourth-order valence-electron chi connectivity index (χ4n) is 3.02. The van der Waals surface area contributed by atoms with Crippen LogP contribution in [-0.4, -0.2) is 55.4 Å². The van der Waals surface area contributed by atoms with Crippen LogP contribution in [0.4, 0.5) is 13.2 Å². The van der Waals surface area contributed by atoms with Crippen molar-refractivity contribution in [2.75, 3.05) is 26.7 Å². The number of ether oxygens (including phenoxy) is 1. The average molecular weight is 310 g/mol. The summed E-state index contributed by atoms with van der Waals surface area (Å²) in [4.78, 5) is 13.5. The zero-order chi connectivity index (χ0) is 16.1. The summed E-state index contributed by atoms with van der Waals surface area (Å²) in [5.74, 6) is -0.363. The smallest absolute Gasteiger partial charge is 0.401 e. The number of esters is 1. The minimum atomic E-state index is -4.22. The van der Waals surface area contributed by atoms with Crippen LogP contribution in [0.1, 0.15) is 39.5 Å². The fraction of sp³-hybridized carbons (Fsp3) is 0.929. The van der Waals surface area contributed by atoms with E-state index in [9.17, 15) is 18.0 Å². The van der Waals surface area contributed by atoms with Gasteiger partial charge in [0.05, 0.1) is 13.2 Å². The van der Waals surface area contributed by atoms with E-state index in [1.54, 1.807) is 14.0 Å². The van der Waals surface area contributed by atoms with E-state index >= 15 is 0 Å². The van der Waals surface area contributed by atoms with E-state index in [1.165, 1.54) is 4.90 Å². The van der Waals surface area contributed by atoms with Crippen molar-refractivity contribution in [2.24, 2.45) is 0 Å². The topological polar surface area (TPSA) is 41.6 Å². The van der Waals surface area contributed by atoms with E-state index in [0.717, 1.165) is 0 Å². The standard InChI is InChI=1S/C14H25F3N2O2/c1-4-8-19(10-14(15,16)17)11-6-7-13(9-11,18-3)12(20)21-5-2/h11,18H,4-10H2,1-3H3. The summed E-state index contributed by atoms with van der Waals surface area (Å²) in [7, 11) is 1.66. The van der Waals surface area contributed by atoms with Crippen molar-refractivity contribution >= 4 is 5.97 Å². The van der Waals surface area contributed by atoms with Crippen molar-refractivity contribution in [1.29, 1.82) is 0 Å². The average Bonchev–Trinajstić information content (AvgIpc) is 2.83. The summed E-state index contributed by atoms with van der Waals surface area (Å²) >= 11 is 0. The molecule has 0 aliphatic heterocycles. The molecule has 0 radical (unpaired) electrons. The van der Waals surface area contributed by atoms with Gasteiger partial charge in [-0.1, -0.05) is 6.92 Å². The Morgan fingerprint density at radius 3 is 2.57 bits per heavy atom. The van der Waals surface area contributed by atoms with Gasteiger partial charge in [-0.15, -0.1) is 0 Å². The fourth-order valence-corrected chi connectivity index (χ4v) is 3.02. The second kappa shape index (κ2) is 7.45. The van der Waals surface area contributed by atoms with Gasteiger partial charge in [0, 0.05) is 6.04 Å². The van der Waals surface area contributed by atoms with E-state index in [4.69, 9.17) is 4.74 Å². The molecule has 1 fully saturated rings. The first-order valence-electron chi connectivity index (χ1n) is 7.45. The molecule has 124 valence electrons. The summed E-state index contributed by atoms with van der Waals surface area (Å²) in [6.45, 7) is 3.31. The molecule has 0 aromatic rings. The van der Waals surface area contributed by atoms with Crippen LogP contribution >= 0.6 is 0 Å². The number of hydrogen-bond acceptors (Lipinski definition) is 4. The van der Waals surface area contributed by atoms with Crippen LogP contribution in [0.3, 0.4) is 0 Å². The third kappa shape index (κ3) is 4.85. The lowest BCUT2D eigenvalue weighted by Gasteiger charge is -2.31. The maximum atomic E-state index is 12.7. The molecule has 0 bridgehead atoms. The molecule has 1 N–H and O–H groups in total. The highest BCUT2D eigenvalue weighted by atomic mass is 19.4. The highest BCUT2D eigenvalue weighted by molar-refractivity contribution is 5.81. The Balaban J connectivity index is 2.78. The molecular weight excluding hydrogens is 285 g/mol. The zero-order valence-corrected chi connectivity index (χ0v) is 12.9. The molecule has 4 nitrogen and oxygen atoms in total. The first-order valence-corrected chi connectivity index (χ1v) is 7.45. The molecule has 0 aromatic heterocycles. The molecule has 7 heteroatoms. The first kappa shape index (κ1) is 18.2. The molecule has 1 aliphatic rings. The Kier molecular flexibility index (Phi) is 6.46. The molecule has 2 atom stereocenters. The number of carbonyl (C=O) groups is 1. The van der Waals surface area contributed by atoms with Gasteiger partial charge in [-0.25, -0.2) is 0 Å². The molecule has 0 heterocycles. The van der Waals surface area contributed by atoms with Crippen molar-refractivity contribution in [3.63, 3.8) is 0 Å². The third-order valence-corrected chi connectivity index (χ3v) is 4.04. The van der Waals surface area contributed by atoms with Crippen molar-refractivity contribution in [2.45, 2.75) is 57.3 Å². The number of hydrogen-bond donors (Lipinski definition) is 1. The predicted molar refractivity (Wildman–Crippen MR) is 74.0 cm³/mol. The largest absolute Gasteiger partial charge is 0.465 e. The van der Waals surface area contributed by atoms with Gasteiger partial charge in [-0.3, -0.25) is 9.69 Å². The molecule has 0 saturated heterocycles. The predicted octanol–water partition coefficient (Wildman–Crippen LogP) is 2.33. The van der Waals surface area contributed by atoms with Crippen LogP contribution < -0.4 is 5.32 Å². The number of nitrogens with zero attached hydrogens (tertiary/aromatic N) is 1. The molecule has 1 saturated carbocycles. The highest BCUT2D eigenvalue weighted by Crippen LogP contribution is 2.35. The van der Waals surface area contributed by atoms with E-state index in [0.29, 0.717) is 32.2 Å². The second-order valence-electron chi connectivity index (χ2n) is 5.53. The van der Waals surface area contributed by atoms with E-state index in [2.05, 4.69) is 5.32 Å². The molecule has 1 aliphatic carbocycles. The van der Waals surface area contributed by atoms with Crippen LogP contribution in [0, 0.1) is 0 Å². The van der Waals surface area contributed by atoms with E-state index in [1.807, 2.05) is 6.92 Å². The summed E-state index contributed by atoms with van der Waals surface area (Å²) < 4.78 is 43.1. The van der Waals surface area contributed by atoms with Crippen LogP contribution in [0.2, 0.25) is 0 Å². The van der Waals surface area contributed by atoms with Gasteiger partial charge < -0.3 is 10.1 Å². The molecule has 21 heavy (non-hydrogen) atoms. The molecule has 0 aromatic carbocycles. The van der Waals surface area contributed by atoms with E-state index in [-0.39, 0.29) is 18.6 Å². The van der Waals surface area contributed by atoms with Crippen LogP contribution in [0.15, 0.2) is 0 Å².